The molecule has 22 heavy (non-hydrogen) atoms. The first-order valence-electron chi connectivity index (χ1n) is 7.14. The summed E-state index contributed by atoms with van der Waals surface area (Å²) >= 11 is 5.22. The Morgan fingerprint density at radius 3 is 2.59 bits per heavy atom. The quantitative estimate of drug-likeness (QED) is 0.492. The number of rotatable bonds is 6. The molecule has 1 aliphatic heterocycles. The Hall–Kier alpha value is -1.92. The van der Waals surface area contributed by atoms with Crippen LogP contribution in [-0.2, 0) is 9.53 Å². The van der Waals surface area contributed by atoms with Crippen LogP contribution in [0.4, 0.5) is 5.69 Å². The first-order chi connectivity index (χ1) is 10.5. The molecular weight excluding hydrogens is 298 g/mol. The number of hydrogen-bond donors (Lipinski definition) is 1. The molecule has 5 nitrogen and oxygen atoms in total. The van der Waals surface area contributed by atoms with Crippen LogP contribution in [0.2, 0.25) is 0 Å². The van der Waals surface area contributed by atoms with Crippen molar-refractivity contribution in [3.05, 3.63) is 35.5 Å². The van der Waals surface area contributed by atoms with E-state index < -0.39 is 0 Å². The topological polar surface area (TPSA) is 44.8 Å². The van der Waals surface area contributed by atoms with E-state index in [1.807, 2.05) is 49.3 Å². The average Bonchev–Trinajstić information content (AvgIpc) is 2.75. The van der Waals surface area contributed by atoms with Crippen molar-refractivity contribution in [2.75, 3.05) is 39.3 Å². The predicted octanol–water partition coefficient (Wildman–Crippen LogP) is 1.85. The number of methoxy groups -OCH3 is 1. The predicted molar refractivity (Wildman–Crippen MR) is 92.7 cm³/mol. The Labute approximate surface area is 136 Å². The number of amides is 1. The highest BCUT2D eigenvalue weighted by atomic mass is 32.1. The molecule has 0 radical (unpaired) electrons. The van der Waals surface area contributed by atoms with Crippen LogP contribution in [0.25, 0.3) is 6.08 Å². The van der Waals surface area contributed by atoms with E-state index >= 15 is 0 Å². The third-order valence-corrected chi connectivity index (χ3v) is 3.74. The van der Waals surface area contributed by atoms with Crippen molar-refractivity contribution < 1.29 is 9.53 Å². The van der Waals surface area contributed by atoms with Gasteiger partial charge in [0.2, 0.25) is 0 Å². The van der Waals surface area contributed by atoms with E-state index in [2.05, 4.69) is 5.32 Å². The van der Waals surface area contributed by atoms with E-state index in [-0.39, 0.29) is 5.91 Å². The van der Waals surface area contributed by atoms with Crippen LogP contribution in [-0.4, -0.2) is 50.3 Å². The third kappa shape index (κ3) is 3.84. The lowest BCUT2D eigenvalue weighted by molar-refractivity contribution is -0.122. The summed E-state index contributed by atoms with van der Waals surface area (Å²) in [6, 6.07) is 7.99. The van der Waals surface area contributed by atoms with Gasteiger partial charge in [0, 0.05) is 40.0 Å². The van der Waals surface area contributed by atoms with Crippen molar-refractivity contribution in [3.8, 4) is 0 Å². The molecular formula is C16H21N3O2S. The summed E-state index contributed by atoms with van der Waals surface area (Å²) in [5.41, 5.74) is 2.59. The molecule has 1 heterocycles. The summed E-state index contributed by atoms with van der Waals surface area (Å²) in [6.45, 7) is 1.17. The number of carbonyl (C=O) groups is 1. The Bertz CT molecular complexity index is 582. The van der Waals surface area contributed by atoms with E-state index in [4.69, 9.17) is 17.0 Å². The van der Waals surface area contributed by atoms with Crippen molar-refractivity contribution >= 4 is 35.0 Å². The minimum Gasteiger partial charge on any atom is -0.385 e. The SMILES string of the molecule is COCCCN1C(=O)/C(=C\c2ccc(N(C)C)cc2)NC1=S. The Kier molecular flexibility index (Phi) is 5.51. The first kappa shape index (κ1) is 16.5. The zero-order chi connectivity index (χ0) is 16.1. The lowest BCUT2D eigenvalue weighted by atomic mass is 10.1. The number of thiocarbonyl (C=S) groups is 1. The number of anilines is 1. The minimum absolute atomic E-state index is 0.0854. The van der Waals surface area contributed by atoms with E-state index in [1.165, 1.54) is 0 Å². The van der Waals surface area contributed by atoms with Crippen LogP contribution in [0, 0.1) is 0 Å². The second kappa shape index (κ2) is 7.38. The number of hydrogen-bond acceptors (Lipinski definition) is 4. The maximum absolute atomic E-state index is 12.3. The van der Waals surface area contributed by atoms with Gasteiger partial charge in [-0.15, -0.1) is 0 Å². The van der Waals surface area contributed by atoms with Crippen molar-refractivity contribution in [2.24, 2.45) is 0 Å². The van der Waals surface area contributed by atoms with Gasteiger partial charge in [-0.2, -0.15) is 0 Å². The van der Waals surface area contributed by atoms with Gasteiger partial charge in [0.25, 0.3) is 5.91 Å². The highest BCUT2D eigenvalue weighted by Crippen LogP contribution is 2.17. The molecule has 0 atom stereocenters. The van der Waals surface area contributed by atoms with Gasteiger partial charge < -0.3 is 15.0 Å². The van der Waals surface area contributed by atoms with Crippen molar-refractivity contribution in [1.29, 1.82) is 0 Å². The molecule has 0 unspecified atom stereocenters. The molecule has 1 saturated heterocycles. The summed E-state index contributed by atoms with van der Waals surface area (Å²) in [7, 11) is 5.63. The van der Waals surface area contributed by atoms with Gasteiger partial charge in [-0.25, -0.2) is 0 Å². The summed E-state index contributed by atoms with van der Waals surface area (Å²) in [5.74, 6) is -0.0854. The molecule has 0 bridgehead atoms. The molecule has 0 saturated carbocycles. The second-order valence-corrected chi connectivity index (χ2v) is 5.66. The monoisotopic (exact) mass is 319 g/mol. The van der Waals surface area contributed by atoms with Gasteiger partial charge >= 0.3 is 0 Å². The van der Waals surface area contributed by atoms with Crippen LogP contribution in [0.1, 0.15) is 12.0 Å². The Morgan fingerprint density at radius 1 is 1.32 bits per heavy atom. The van der Waals surface area contributed by atoms with Crippen molar-refractivity contribution in [3.63, 3.8) is 0 Å². The van der Waals surface area contributed by atoms with Crippen molar-refractivity contribution in [2.45, 2.75) is 6.42 Å². The van der Waals surface area contributed by atoms with E-state index in [0.717, 1.165) is 17.7 Å². The van der Waals surface area contributed by atoms with Crippen LogP contribution >= 0.6 is 12.2 Å². The summed E-state index contributed by atoms with van der Waals surface area (Å²) in [6.07, 6.45) is 2.58. The molecule has 1 aromatic carbocycles. The lowest BCUT2D eigenvalue weighted by Crippen LogP contribution is -2.32. The molecule has 0 spiro atoms. The third-order valence-electron chi connectivity index (χ3n) is 3.41. The lowest BCUT2D eigenvalue weighted by Gasteiger charge is -2.13. The number of nitrogens with one attached hydrogen (secondary N) is 1. The normalized spacial score (nSPS) is 16.3. The van der Waals surface area contributed by atoms with Gasteiger partial charge in [0.15, 0.2) is 5.11 Å². The van der Waals surface area contributed by atoms with E-state index in [9.17, 15) is 4.79 Å². The zero-order valence-corrected chi connectivity index (χ0v) is 13.9. The van der Waals surface area contributed by atoms with Crippen LogP contribution in [0.5, 0.6) is 0 Å². The molecule has 1 fully saturated rings. The van der Waals surface area contributed by atoms with Gasteiger partial charge in [0.1, 0.15) is 5.70 Å². The maximum atomic E-state index is 12.3. The molecule has 1 N–H and O–H groups in total. The molecule has 1 aromatic rings. The Balaban J connectivity index is 2.08. The average molecular weight is 319 g/mol. The Morgan fingerprint density at radius 2 is 2.00 bits per heavy atom. The minimum atomic E-state index is -0.0854. The molecule has 118 valence electrons. The zero-order valence-electron chi connectivity index (χ0n) is 13.1. The number of carbonyl (C=O) groups excluding carboxylic acids is 1. The molecule has 6 heteroatoms. The fourth-order valence-corrected chi connectivity index (χ4v) is 2.46. The molecule has 1 amide bonds. The van der Waals surface area contributed by atoms with Gasteiger partial charge in [-0.05, 0) is 42.4 Å². The highest BCUT2D eigenvalue weighted by molar-refractivity contribution is 7.80. The molecule has 0 aromatic heterocycles. The van der Waals surface area contributed by atoms with Gasteiger partial charge in [-0.1, -0.05) is 12.1 Å². The fourth-order valence-electron chi connectivity index (χ4n) is 2.18. The van der Waals surface area contributed by atoms with E-state index in [1.54, 1.807) is 12.0 Å². The fraction of sp³-hybridized carbons (Fsp3) is 0.375. The highest BCUT2D eigenvalue weighted by Gasteiger charge is 2.29. The van der Waals surface area contributed by atoms with Crippen LogP contribution in [0.15, 0.2) is 30.0 Å². The van der Waals surface area contributed by atoms with Gasteiger partial charge in [-0.3, -0.25) is 9.69 Å². The maximum Gasteiger partial charge on any atom is 0.276 e. The van der Waals surface area contributed by atoms with E-state index in [0.29, 0.717) is 24.0 Å². The van der Waals surface area contributed by atoms with Crippen molar-refractivity contribution in [1.82, 2.24) is 10.2 Å². The second-order valence-electron chi connectivity index (χ2n) is 5.28. The smallest absolute Gasteiger partial charge is 0.276 e. The van der Waals surface area contributed by atoms with Crippen LogP contribution in [0.3, 0.4) is 0 Å². The summed E-state index contributed by atoms with van der Waals surface area (Å²) in [4.78, 5) is 16.0. The number of benzene rings is 1. The van der Waals surface area contributed by atoms with Crippen LogP contribution < -0.4 is 10.2 Å². The standard InChI is InChI=1S/C16H21N3O2S/c1-18(2)13-7-5-12(6-8-13)11-14-15(20)19(16(22)17-14)9-4-10-21-3/h5-8,11H,4,9-10H2,1-3H3,(H,17,22)/b14-11+. The largest absolute Gasteiger partial charge is 0.385 e. The van der Waals surface area contributed by atoms with Gasteiger partial charge in [0.05, 0.1) is 0 Å². The molecule has 1 aliphatic rings. The number of ether oxygens (including phenoxy) is 1. The number of nitrogens with zero attached hydrogens (tertiary/aromatic N) is 2. The first-order valence-corrected chi connectivity index (χ1v) is 7.54. The molecule has 0 aliphatic carbocycles. The summed E-state index contributed by atoms with van der Waals surface area (Å²) < 4.78 is 5.00. The molecule has 2 rings (SSSR count). The summed E-state index contributed by atoms with van der Waals surface area (Å²) in [5, 5.41) is 3.44.